The van der Waals surface area contributed by atoms with Gasteiger partial charge in [0.25, 0.3) is 0 Å². The van der Waals surface area contributed by atoms with Crippen LogP contribution in [0.1, 0.15) is 36.4 Å². The molecule has 1 amide bonds. The number of carbonyl (C=O) groups is 1. The second kappa shape index (κ2) is 11.0. The Morgan fingerprint density at radius 2 is 2.10 bits per heavy atom. The van der Waals surface area contributed by atoms with E-state index < -0.39 is 0 Å². The van der Waals surface area contributed by atoms with Crippen LogP contribution in [0.2, 0.25) is 0 Å². The van der Waals surface area contributed by atoms with E-state index in [1.54, 1.807) is 30.7 Å². The van der Waals surface area contributed by atoms with Crippen molar-refractivity contribution < 1.29 is 9.21 Å². The first-order valence-corrected chi connectivity index (χ1v) is 11.0. The summed E-state index contributed by atoms with van der Waals surface area (Å²) in [7, 11) is 1.72. The van der Waals surface area contributed by atoms with Crippen LogP contribution >= 0.6 is 11.3 Å². The highest BCUT2D eigenvalue weighted by Gasteiger charge is 2.25. The SMILES string of the molecule is CN=C(NCC(=O)NCc1ccco1)NCC(c1cccs1)N1CCC(C)CC1. The standard InChI is InChI=1S/C21H31N5O2S/c1-16-7-9-26(10-8-16)18(19-6-4-12-29-19)14-24-21(22-2)25-15-20(27)23-13-17-5-3-11-28-17/h3-6,11-12,16,18H,7-10,13-15H2,1-2H3,(H,23,27)(H2,22,24,25). The van der Waals surface area contributed by atoms with Gasteiger partial charge in [0, 0.05) is 18.5 Å². The zero-order valence-corrected chi connectivity index (χ0v) is 18.0. The van der Waals surface area contributed by atoms with E-state index in [0.29, 0.717) is 18.5 Å². The van der Waals surface area contributed by atoms with E-state index in [-0.39, 0.29) is 12.5 Å². The summed E-state index contributed by atoms with van der Waals surface area (Å²) in [4.78, 5) is 20.2. The number of furan rings is 1. The van der Waals surface area contributed by atoms with Crippen LogP contribution in [-0.4, -0.2) is 50.0 Å². The minimum absolute atomic E-state index is 0.107. The number of guanidine groups is 1. The lowest BCUT2D eigenvalue weighted by molar-refractivity contribution is -0.120. The van der Waals surface area contributed by atoms with E-state index in [4.69, 9.17) is 4.42 Å². The third-order valence-electron chi connectivity index (χ3n) is 5.27. The van der Waals surface area contributed by atoms with Gasteiger partial charge in [0.2, 0.25) is 5.91 Å². The highest BCUT2D eigenvalue weighted by atomic mass is 32.1. The van der Waals surface area contributed by atoms with Crippen molar-refractivity contribution in [3.63, 3.8) is 0 Å². The van der Waals surface area contributed by atoms with Gasteiger partial charge in [0.1, 0.15) is 5.76 Å². The van der Waals surface area contributed by atoms with Crippen molar-refractivity contribution in [1.29, 1.82) is 0 Å². The van der Waals surface area contributed by atoms with Crippen LogP contribution in [0.15, 0.2) is 45.3 Å². The van der Waals surface area contributed by atoms with Crippen LogP contribution in [0.4, 0.5) is 0 Å². The predicted molar refractivity (Wildman–Crippen MR) is 117 cm³/mol. The van der Waals surface area contributed by atoms with Crippen LogP contribution in [-0.2, 0) is 11.3 Å². The summed E-state index contributed by atoms with van der Waals surface area (Å²) in [5, 5.41) is 11.4. The van der Waals surface area contributed by atoms with Crippen molar-refractivity contribution in [3.8, 4) is 0 Å². The molecule has 0 saturated carbocycles. The Morgan fingerprint density at radius 3 is 2.76 bits per heavy atom. The molecule has 2 aromatic rings. The molecule has 29 heavy (non-hydrogen) atoms. The lowest BCUT2D eigenvalue weighted by atomic mass is 9.97. The molecule has 0 bridgehead atoms. The van der Waals surface area contributed by atoms with Gasteiger partial charge in [-0.2, -0.15) is 0 Å². The average Bonchev–Trinajstić information content (AvgIpc) is 3.44. The van der Waals surface area contributed by atoms with Gasteiger partial charge >= 0.3 is 0 Å². The summed E-state index contributed by atoms with van der Waals surface area (Å²) in [5.41, 5.74) is 0. The van der Waals surface area contributed by atoms with Gasteiger partial charge in [-0.05, 0) is 55.4 Å². The van der Waals surface area contributed by atoms with Gasteiger partial charge in [-0.1, -0.05) is 13.0 Å². The quantitative estimate of drug-likeness (QED) is 0.454. The fourth-order valence-corrected chi connectivity index (χ4v) is 4.33. The van der Waals surface area contributed by atoms with Crippen molar-refractivity contribution in [2.45, 2.75) is 32.4 Å². The predicted octanol–water partition coefficient (Wildman–Crippen LogP) is 2.60. The first-order valence-electron chi connectivity index (χ1n) is 10.2. The summed E-state index contributed by atoms with van der Waals surface area (Å²) in [6.45, 7) is 5.86. The Labute approximate surface area is 176 Å². The number of hydrogen-bond acceptors (Lipinski definition) is 5. The highest BCUT2D eigenvalue weighted by molar-refractivity contribution is 7.10. The second-order valence-electron chi connectivity index (χ2n) is 7.41. The lowest BCUT2D eigenvalue weighted by Crippen LogP contribution is -2.47. The number of carbonyl (C=O) groups excluding carboxylic acids is 1. The number of rotatable bonds is 8. The topological polar surface area (TPSA) is 81.9 Å². The molecule has 1 atom stereocenters. The maximum Gasteiger partial charge on any atom is 0.239 e. The van der Waals surface area contributed by atoms with E-state index >= 15 is 0 Å². The average molecular weight is 418 g/mol. The maximum atomic E-state index is 12.1. The molecule has 7 nitrogen and oxygen atoms in total. The molecule has 3 heterocycles. The molecular formula is C21H31N5O2S. The normalized spacial score (nSPS) is 17.1. The fraction of sp³-hybridized carbons (Fsp3) is 0.524. The first-order chi connectivity index (χ1) is 14.2. The van der Waals surface area contributed by atoms with Crippen molar-refractivity contribution in [3.05, 3.63) is 46.5 Å². The molecule has 1 aliphatic rings. The molecule has 1 saturated heterocycles. The molecule has 1 unspecified atom stereocenters. The third kappa shape index (κ3) is 6.61. The van der Waals surface area contributed by atoms with Gasteiger partial charge in [0.15, 0.2) is 5.96 Å². The van der Waals surface area contributed by atoms with E-state index in [2.05, 4.69) is 50.3 Å². The van der Waals surface area contributed by atoms with Gasteiger partial charge in [-0.3, -0.25) is 14.7 Å². The van der Waals surface area contributed by atoms with Gasteiger partial charge in [-0.15, -0.1) is 11.3 Å². The molecule has 3 rings (SSSR count). The number of aliphatic imine (C=N–C) groups is 1. The van der Waals surface area contributed by atoms with Crippen LogP contribution < -0.4 is 16.0 Å². The Bertz CT molecular complexity index is 752. The monoisotopic (exact) mass is 417 g/mol. The molecule has 158 valence electrons. The number of nitrogens with one attached hydrogen (secondary N) is 3. The Hall–Kier alpha value is -2.32. The molecule has 0 aromatic carbocycles. The number of amides is 1. The third-order valence-corrected chi connectivity index (χ3v) is 6.25. The molecule has 2 aromatic heterocycles. The smallest absolute Gasteiger partial charge is 0.239 e. The Kier molecular flexibility index (Phi) is 8.13. The van der Waals surface area contributed by atoms with Crippen molar-refractivity contribution in [2.24, 2.45) is 10.9 Å². The van der Waals surface area contributed by atoms with Crippen LogP contribution in [0.3, 0.4) is 0 Å². The summed E-state index contributed by atoms with van der Waals surface area (Å²) in [6, 6.07) is 8.26. The van der Waals surface area contributed by atoms with E-state index in [1.807, 2.05) is 6.07 Å². The summed E-state index contributed by atoms with van der Waals surface area (Å²) >= 11 is 1.79. The lowest BCUT2D eigenvalue weighted by Gasteiger charge is -2.36. The number of hydrogen-bond donors (Lipinski definition) is 3. The molecular weight excluding hydrogens is 386 g/mol. The highest BCUT2D eigenvalue weighted by Crippen LogP contribution is 2.28. The molecule has 0 spiro atoms. The van der Waals surface area contributed by atoms with E-state index in [0.717, 1.165) is 31.3 Å². The summed E-state index contributed by atoms with van der Waals surface area (Å²) in [6.07, 6.45) is 4.08. The minimum Gasteiger partial charge on any atom is -0.467 e. The molecule has 1 fully saturated rings. The fourth-order valence-electron chi connectivity index (χ4n) is 3.47. The molecule has 8 heteroatoms. The van der Waals surface area contributed by atoms with Gasteiger partial charge < -0.3 is 20.4 Å². The minimum atomic E-state index is -0.107. The van der Waals surface area contributed by atoms with Crippen molar-refractivity contribution in [2.75, 3.05) is 33.2 Å². The number of nitrogens with zero attached hydrogens (tertiary/aromatic N) is 2. The van der Waals surface area contributed by atoms with Crippen LogP contribution in [0.25, 0.3) is 0 Å². The molecule has 3 N–H and O–H groups in total. The second-order valence-corrected chi connectivity index (χ2v) is 8.39. The molecule has 1 aliphatic heterocycles. The van der Waals surface area contributed by atoms with Gasteiger partial charge in [-0.25, -0.2) is 0 Å². The Morgan fingerprint density at radius 1 is 1.28 bits per heavy atom. The first kappa shape index (κ1) is 21.4. The van der Waals surface area contributed by atoms with E-state index in [9.17, 15) is 4.79 Å². The van der Waals surface area contributed by atoms with Crippen LogP contribution in [0, 0.1) is 5.92 Å². The van der Waals surface area contributed by atoms with E-state index in [1.165, 1.54) is 17.7 Å². The largest absolute Gasteiger partial charge is 0.467 e. The van der Waals surface area contributed by atoms with Gasteiger partial charge in [0.05, 0.1) is 25.4 Å². The Balaban J connectivity index is 1.47. The van der Waals surface area contributed by atoms with Crippen molar-refractivity contribution in [1.82, 2.24) is 20.9 Å². The number of thiophene rings is 1. The zero-order chi connectivity index (χ0) is 20.5. The zero-order valence-electron chi connectivity index (χ0n) is 17.2. The number of likely N-dealkylation sites (tertiary alicyclic amines) is 1. The maximum absolute atomic E-state index is 12.1. The molecule has 0 radical (unpaired) electrons. The summed E-state index contributed by atoms with van der Waals surface area (Å²) in [5.74, 6) is 2.06. The van der Waals surface area contributed by atoms with Crippen molar-refractivity contribution >= 4 is 23.2 Å². The molecule has 0 aliphatic carbocycles. The summed E-state index contributed by atoms with van der Waals surface area (Å²) < 4.78 is 5.22. The van der Waals surface area contributed by atoms with Crippen LogP contribution in [0.5, 0.6) is 0 Å². The number of piperidine rings is 1.